The van der Waals surface area contributed by atoms with Crippen LogP contribution in [-0.4, -0.2) is 40.3 Å². The van der Waals surface area contributed by atoms with Crippen molar-refractivity contribution >= 4 is 12.1 Å². The average molecular weight is 321 g/mol. The summed E-state index contributed by atoms with van der Waals surface area (Å²) in [7, 11) is 0. The van der Waals surface area contributed by atoms with E-state index in [1.807, 2.05) is 0 Å². The standard InChI is InChI=1S/C14H19N5O4/c1-3-9(15)13(16-4-2)17-5-6-18-14(22)10-7-11(20)12(21)8-19(10)23/h3-4,7-8,17,21,23H,1,5-6,15H2,2H3,(H,18,22)/b13-9-,16-4-. The van der Waals surface area contributed by atoms with Crippen LogP contribution in [0, 0.1) is 0 Å². The lowest BCUT2D eigenvalue weighted by Gasteiger charge is -2.10. The van der Waals surface area contributed by atoms with Gasteiger partial charge in [-0.3, -0.25) is 9.59 Å². The van der Waals surface area contributed by atoms with E-state index in [0.29, 0.717) is 22.8 Å². The number of aromatic nitrogens is 1. The molecule has 9 heteroatoms. The maximum absolute atomic E-state index is 11.9. The Labute approximate surface area is 132 Å². The van der Waals surface area contributed by atoms with E-state index >= 15 is 0 Å². The third-order valence-electron chi connectivity index (χ3n) is 2.70. The Morgan fingerprint density at radius 2 is 2.13 bits per heavy atom. The highest BCUT2D eigenvalue weighted by Crippen LogP contribution is 2.02. The molecule has 0 radical (unpaired) electrons. The molecule has 1 aromatic rings. The lowest BCUT2D eigenvalue weighted by atomic mass is 10.3. The largest absolute Gasteiger partial charge is 0.503 e. The van der Waals surface area contributed by atoms with Gasteiger partial charge < -0.3 is 26.7 Å². The smallest absolute Gasteiger partial charge is 0.271 e. The van der Waals surface area contributed by atoms with Gasteiger partial charge in [0.05, 0.1) is 11.9 Å². The Balaban J connectivity index is 2.63. The minimum absolute atomic E-state index is 0.182. The molecule has 0 aromatic carbocycles. The Morgan fingerprint density at radius 1 is 1.48 bits per heavy atom. The Hall–Kier alpha value is -3.23. The van der Waals surface area contributed by atoms with Gasteiger partial charge >= 0.3 is 0 Å². The van der Waals surface area contributed by atoms with E-state index in [9.17, 15) is 14.8 Å². The second-order valence-electron chi connectivity index (χ2n) is 4.33. The van der Waals surface area contributed by atoms with Gasteiger partial charge in [-0.2, -0.15) is 4.73 Å². The summed E-state index contributed by atoms with van der Waals surface area (Å²) < 4.78 is 0.377. The fourth-order valence-electron chi connectivity index (χ4n) is 1.58. The van der Waals surface area contributed by atoms with Crippen molar-refractivity contribution in [2.24, 2.45) is 10.7 Å². The first kappa shape index (κ1) is 17.8. The van der Waals surface area contributed by atoms with Gasteiger partial charge in [0, 0.05) is 25.4 Å². The summed E-state index contributed by atoms with van der Waals surface area (Å²) in [6, 6.07) is 0.834. The monoisotopic (exact) mass is 321 g/mol. The number of pyridine rings is 1. The van der Waals surface area contributed by atoms with Crippen molar-refractivity contribution in [2.45, 2.75) is 6.92 Å². The molecule has 23 heavy (non-hydrogen) atoms. The molecule has 0 saturated heterocycles. The first-order valence-corrected chi connectivity index (χ1v) is 6.68. The predicted octanol–water partition coefficient (Wildman–Crippen LogP) is -0.485. The number of nitrogens with one attached hydrogen (secondary N) is 2. The normalized spacial score (nSPS) is 11.9. The number of hydrogen-bond acceptors (Lipinski definition) is 7. The maximum atomic E-state index is 11.9. The fourth-order valence-corrected chi connectivity index (χ4v) is 1.58. The third-order valence-corrected chi connectivity index (χ3v) is 2.70. The molecule has 1 aromatic heterocycles. The van der Waals surface area contributed by atoms with E-state index < -0.39 is 17.1 Å². The molecule has 0 saturated carbocycles. The molecule has 124 valence electrons. The van der Waals surface area contributed by atoms with E-state index in [0.717, 1.165) is 12.3 Å². The molecule has 6 N–H and O–H groups in total. The summed E-state index contributed by atoms with van der Waals surface area (Å²) in [6.45, 7) is 5.75. The van der Waals surface area contributed by atoms with Crippen LogP contribution in [0.25, 0.3) is 0 Å². The second-order valence-corrected chi connectivity index (χ2v) is 4.33. The number of rotatable bonds is 7. The van der Waals surface area contributed by atoms with Gasteiger partial charge in [0.25, 0.3) is 5.91 Å². The topological polar surface area (TPSA) is 142 Å². The summed E-state index contributed by atoms with van der Waals surface area (Å²) in [6.07, 6.45) is 3.74. The summed E-state index contributed by atoms with van der Waals surface area (Å²) in [5.41, 5.74) is 4.99. The van der Waals surface area contributed by atoms with E-state index in [4.69, 9.17) is 10.8 Å². The second kappa shape index (κ2) is 8.27. The van der Waals surface area contributed by atoms with Crippen LogP contribution in [-0.2, 0) is 0 Å². The van der Waals surface area contributed by atoms with Crippen LogP contribution in [0.5, 0.6) is 5.75 Å². The van der Waals surface area contributed by atoms with Crippen molar-refractivity contribution in [3.8, 4) is 5.75 Å². The molecule has 9 nitrogen and oxygen atoms in total. The Kier molecular flexibility index (Phi) is 6.41. The zero-order chi connectivity index (χ0) is 17.4. The Bertz CT molecular complexity index is 706. The van der Waals surface area contributed by atoms with Crippen LogP contribution >= 0.6 is 0 Å². The van der Waals surface area contributed by atoms with Crippen molar-refractivity contribution < 1.29 is 15.1 Å². The molecule has 0 spiro atoms. The molecule has 1 rings (SSSR count). The van der Waals surface area contributed by atoms with E-state index in [1.165, 1.54) is 6.08 Å². The molecule has 0 aliphatic heterocycles. The van der Waals surface area contributed by atoms with Crippen LogP contribution < -0.4 is 21.8 Å². The van der Waals surface area contributed by atoms with Gasteiger partial charge in [0.15, 0.2) is 5.75 Å². The number of hydrogen-bond donors (Lipinski definition) is 5. The third kappa shape index (κ3) is 4.92. The van der Waals surface area contributed by atoms with E-state index in [-0.39, 0.29) is 12.2 Å². The summed E-state index contributed by atoms with van der Waals surface area (Å²) in [4.78, 5) is 27.2. The number of aromatic hydroxyl groups is 1. The minimum Gasteiger partial charge on any atom is -0.503 e. The van der Waals surface area contributed by atoms with E-state index in [1.54, 1.807) is 13.1 Å². The van der Waals surface area contributed by atoms with Gasteiger partial charge in [-0.05, 0) is 13.0 Å². The quantitative estimate of drug-likeness (QED) is 0.199. The minimum atomic E-state index is -0.764. The van der Waals surface area contributed by atoms with Crippen LogP contribution in [0.1, 0.15) is 17.4 Å². The van der Waals surface area contributed by atoms with Crippen molar-refractivity contribution in [1.29, 1.82) is 0 Å². The lowest BCUT2D eigenvalue weighted by molar-refractivity contribution is 0.0897. The highest BCUT2D eigenvalue weighted by molar-refractivity contribution is 5.92. The van der Waals surface area contributed by atoms with Crippen LogP contribution in [0.3, 0.4) is 0 Å². The van der Waals surface area contributed by atoms with Gasteiger partial charge in [-0.25, -0.2) is 4.99 Å². The van der Waals surface area contributed by atoms with Gasteiger partial charge in [0.1, 0.15) is 11.5 Å². The maximum Gasteiger partial charge on any atom is 0.271 e. The number of carbonyl (C=O) groups excluding carboxylic acids is 1. The van der Waals surface area contributed by atoms with Crippen molar-refractivity contribution in [3.63, 3.8) is 0 Å². The van der Waals surface area contributed by atoms with Crippen LogP contribution in [0.15, 0.2) is 46.2 Å². The lowest BCUT2D eigenvalue weighted by Crippen LogP contribution is -2.34. The number of amides is 1. The molecule has 1 amide bonds. The molecule has 0 aliphatic rings. The molecular weight excluding hydrogens is 302 g/mol. The summed E-state index contributed by atoms with van der Waals surface area (Å²) in [5.74, 6) is -0.911. The van der Waals surface area contributed by atoms with Crippen molar-refractivity contribution in [1.82, 2.24) is 15.4 Å². The molecule has 0 atom stereocenters. The SMILES string of the molecule is C=C/C(N)=C(\N=C/C)NCCNC(=O)c1cc(=O)c(O)cn1O. The van der Waals surface area contributed by atoms with Gasteiger partial charge in [-0.15, -0.1) is 0 Å². The zero-order valence-corrected chi connectivity index (χ0v) is 12.6. The number of carbonyl (C=O) groups is 1. The molecule has 0 unspecified atom stereocenters. The molecule has 0 fully saturated rings. The Morgan fingerprint density at radius 3 is 2.74 bits per heavy atom. The molecule has 0 bridgehead atoms. The number of nitrogens with two attached hydrogens (primary N) is 1. The number of allylic oxidation sites excluding steroid dienone is 1. The van der Waals surface area contributed by atoms with Gasteiger partial charge in [0.2, 0.25) is 5.43 Å². The highest BCUT2D eigenvalue weighted by Gasteiger charge is 2.12. The van der Waals surface area contributed by atoms with E-state index in [2.05, 4.69) is 22.2 Å². The van der Waals surface area contributed by atoms with Crippen molar-refractivity contribution in [3.05, 3.63) is 52.4 Å². The first-order chi connectivity index (χ1) is 10.9. The van der Waals surface area contributed by atoms with Gasteiger partial charge in [-0.1, -0.05) is 6.58 Å². The fraction of sp³-hybridized carbons (Fsp3) is 0.214. The summed E-state index contributed by atoms with van der Waals surface area (Å²) >= 11 is 0. The first-order valence-electron chi connectivity index (χ1n) is 6.68. The van der Waals surface area contributed by atoms with Crippen LogP contribution in [0.4, 0.5) is 0 Å². The highest BCUT2D eigenvalue weighted by atomic mass is 16.5. The number of nitrogens with zero attached hydrogens (tertiary/aromatic N) is 2. The molecular formula is C14H19N5O4. The number of aliphatic imine (C=N–C) groups is 1. The molecule has 1 heterocycles. The zero-order valence-electron chi connectivity index (χ0n) is 12.6. The predicted molar refractivity (Wildman–Crippen MR) is 85.5 cm³/mol. The average Bonchev–Trinajstić information content (AvgIpc) is 2.52. The van der Waals surface area contributed by atoms with Crippen molar-refractivity contribution in [2.75, 3.05) is 13.1 Å². The summed E-state index contributed by atoms with van der Waals surface area (Å²) in [5, 5.41) is 24.0. The van der Waals surface area contributed by atoms with Crippen LogP contribution in [0.2, 0.25) is 0 Å². The molecule has 0 aliphatic carbocycles.